The molecule has 2 heterocycles. The first-order valence-electron chi connectivity index (χ1n) is 7.24. The van der Waals surface area contributed by atoms with Gasteiger partial charge in [-0.25, -0.2) is 13.6 Å². The smallest absolute Gasteiger partial charge is 0.407 e. The third-order valence-electron chi connectivity index (χ3n) is 4.11. The number of piperidine rings is 1. The minimum absolute atomic E-state index is 0.0202. The number of nitrogens with one attached hydrogen (secondary N) is 1. The van der Waals surface area contributed by atoms with E-state index in [9.17, 15) is 23.2 Å². The average Bonchev–Trinajstić information content (AvgIpc) is 2.84. The van der Waals surface area contributed by atoms with Crippen molar-refractivity contribution in [1.29, 1.82) is 0 Å². The van der Waals surface area contributed by atoms with Crippen molar-refractivity contribution in [3.8, 4) is 0 Å². The lowest BCUT2D eigenvalue weighted by atomic mass is 10.0. The third kappa shape index (κ3) is 2.52. The lowest BCUT2D eigenvalue weighted by Gasteiger charge is -2.21. The highest BCUT2D eigenvalue weighted by Gasteiger charge is 2.34. The number of halogens is 2. The summed E-state index contributed by atoms with van der Waals surface area (Å²) in [5.41, 5.74) is -0.391. The quantitative estimate of drug-likeness (QED) is 0.854. The molecule has 0 aliphatic carbocycles. The molecule has 2 aromatic rings. The van der Waals surface area contributed by atoms with Gasteiger partial charge < -0.3 is 4.42 Å². The fraction of sp³-hybridized carbons (Fsp3) is 0.400. The minimum Gasteiger partial charge on any atom is -0.407 e. The zero-order valence-corrected chi connectivity index (χ0v) is 13.7. The predicted molar refractivity (Wildman–Crippen MR) is 83.7 cm³/mol. The molecule has 3 rings (SSSR count). The van der Waals surface area contributed by atoms with Gasteiger partial charge in [-0.3, -0.25) is 19.5 Å². The van der Waals surface area contributed by atoms with Crippen molar-refractivity contribution in [3.05, 3.63) is 33.8 Å². The minimum atomic E-state index is -1.08. The summed E-state index contributed by atoms with van der Waals surface area (Å²) in [6.07, 6.45) is 1.81. The first-order chi connectivity index (χ1) is 11.3. The second-order valence-corrected chi connectivity index (χ2v) is 6.69. The molecule has 0 radical (unpaired) electrons. The third-order valence-corrected chi connectivity index (χ3v) is 5.05. The summed E-state index contributed by atoms with van der Waals surface area (Å²) in [7, 11) is 0. The van der Waals surface area contributed by atoms with E-state index >= 15 is 0 Å². The maximum Gasteiger partial charge on any atom is 0.420 e. The molecule has 0 spiro atoms. The molecule has 1 aromatic heterocycles. The van der Waals surface area contributed by atoms with Gasteiger partial charge >= 0.3 is 5.76 Å². The van der Waals surface area contributed by atoms with Crippen LogP contribution >= 0.6 is 11.8 Å². The van der Waals surface area contributed by atoms with Crippen LogP contribution in [0, 0.1) is 11.6 Å². The van der Waals surface area contributed by atoms with E-state index in [1.54, 1.807) is 13.2 Å². The Hall–Kier alpha value is -2.16. The lowest BCUT2D eigenvalue weighted by molar-refractivity contribution is -0.135. The van der Waals surface area contributed by atoms with Gasteiger partial charge in [-0.1, -0.05) is 0 Å². The van der Waals surface area contributed by atoms with Crippen molar-refractivity contribution >= 4 is 34.7 Å². The highest BCUT2D eigenvalue weighted by Crippen LogP contribution is 2.36. The topological polar surface area (TPSA) is 81.3 Å². The van der Waals surface area contributed by atoms with Gasteiger partial charge in [-0.05, 0) is 19.6 Å². The first-order valence-corrected chi connectivity index (χ1v) is 8.53. The SMILES string of the molecule is CSC(C)c1c(F)cc(F)c2c1oc(=O)n2C1CCC(=O)NC1=O. The second-order valence-electron chi connectivity index (χ2n) is 5.51. The highest BCUT2D eigenvalue weighted by molar-refractivity contribution is 7.98. The zero-order chi connectivity index (χ0) is 17.6. The molecule has 6 nitrogen and oxygen atoms in total. The van der Waals surface area contributed by atoms with E-state index in [1.807, 2.05) is 0 Å². The number of fused-ring (bicyclic) bond motifs is 1. The van der Waals surface area contributed by atoms with Crippen molar-refractivity contribution in [2.24, 2.45) is 0 Å². The average molecular weight is 356 g/mol. The molecule has 1 saturated heterocycles. The van der Waals surface area contributed by atoms with Crippen LogP contribution in [0.25, 0.3) is 11.1 Å². The molecule has 128 valence electrons. The summed E-state index contributed by atoms with van der Waals surface area (Å²) in [5, 5.41) is 1.73. The van der Waals surface area contributed by atoms with Crippen molar-refractivity contribution in [1.82, 2.24) is 9.88 Å². The molecule has 1 aromatic carbocycles. The molecule has 1 aliphatic rings. The molecule has 2 amide bonds. The van der Waals surface area contributed by atoms with Gasteiger partial charge in [0, 0.05) is 23.3 Å². The number of thioether (sulfide) groups is 1. The summed E-state index contributed by atoms with van der Waals surface area (Å²) in [5.74, 6) is -3.93. The number of rotatable bonds is 3. The van der Waals surface area contributed by atoms with E-state index in [-0.39, 0.29) is 34.8 Å². The Morgan fingerprint density at radius 1 is 1.33 bits per heavy atom. The molecule has 24 heavy (non-hydrogen) atoms. The Bertz CT molecular complexity index is 905. The van der Waals surface area contributed by atoms with Crippen LogP contribution in [0.4, 0.5) is 8.78 Å². The Kier molecular flexibility index (Phi) is 4.20. The van der Waals surface area contributed by atoms with E-state index in [2.05, 4.69) is 5.32 Å². The van der Waals surface area contributed by atoms with Crippen molar-refractivity contribution in [3.63, 3.8) is 0 Å². The molecule has 1 N–H and O–H groups in total. The van der Waals surface area contributed by atoms with Crippen LogP contribution in [0.3, 0.4) is 0 Å². The number of amides is 2. The highest BCUT2D eigenvalue weighted by atomic mass is 32.2. The van der Waals surface area contributed by atoms with Crippen LogP contribution in [0.15, 0.2) is 15.3 Å². The summed E-state index contributed by atoms with van der Waals surface area (Å²) >= 11 is 1.31. The van der Waals surface area contributed by atoms with Crippen LogP contribution in [0.1, 0.15) is 36.6 Å². The number of oxazole rings is 1. The molecular formula is C15H14F2N2O4S. The molecule has 0 saturated carbocycles. The number of carbonyl (C=O) groups excluding carboxylic acids is 2. The van der Waals surface area contributed by atoms with Gasteiger partial charge in [0.1, 0.15) is 17.4 Å². The van der Waals surface area contributed by atoms with E-state index in [0.717, 1.165) is 4.57 Å². The molecule has 0 bridgehead atoms. The predicted octanol–water partition coefficient (Wildman–Crippen LogP) is 2.27. The van der Waals surface area contributed by atoms with Crippen LogP contribution in [0.5, 0.6) is 0 Å². The zero-order valence-electron chi connectivity index (χ0n) is 12.9. The van der Waals surface area contributed by atoms with Crippen LogP contribution in [-0.4, -0.2) is 22.6 Å². The Morgan fingerprint density at radius 3 is 2.67 bits per heavy atom. The van der Waals surface area contributed by atoms with Crippen LogP contribution in [0.2, 0.25) is 0 Å². The number of imide groups is 1. The van der Waals surface area contributed by atoms with Crippen molar-refractivity contribution < 1.29 is 22.8 Å². The van der Waals surface area contributed by atoms with Crippen molar-refractivity contribution in [2.75, 3.05) is 6.26 Å². The van der Waals surface area contributed by atoms with E-state index in [0.29, 0.717) is 6.07 Å². The molecule has 9 heteroatoms. The molecule has 1 fully saturated rings. The molecule has 2 atom stereocenters. The van der Waals surface area contributed by atoms with Crippen LogP contribution < -0.4 is 11.1 Å². The number of nitrogens with zero attached hydrogens (tertiary/aromatic N) is 1. The second kappa shape index (κ2) is 6.04. The molecule has 2 unspecified atom stereocenters. The van der Waals surface area contributed by atoms with Gasteiger partial charge in [0.25, 0.3) is 0 Å². The Labute approximate surface area is 139 Å². The molecule has 1 aliphatic heterocycles. The number of carbonyl (C=O) groups is 2. The van der Waals surface area contributed by atoms with E-state index < -0.39 is 35.2 Å². The summed E-state index contributed by atoms with van der Waals surface area (Å²) in [6, 6.07) is -0.393. The summed E-state index contributed by atoms with van der Waals surface area (Å²) in [6.45, 7) is 1.70. The largest absolute Gasteiger partial charge is 0.420 e. The lowest BCUT2D eigenvalue weighted by Crippen LogP contribution is -2.43. The van der Waals surface area contributed by atoms with Gasteiger partial charge in [-0.15, -0.1) is 0 Å². The first kappa shape index (κ1) is 16.7. The standard InChI is InChI=1S/C15H14F2N2O4S/c1-6(24-2)11-7(16)5-8(17)12-13(11)23-15(22)19(12)9-3-4-10(20)18-14(9)21/h5-6,9H,3-4H2,1-2H3,(H,18,20,21). The monoisotopic (exact) mass is 356 g/mol. The number of hydrogen-bond donors (Lipinski definition) is 1. The molecular weight excluding hydrogens is 342 g/mol. The fourth-order valence-corrected chi connectivity index (χ4v) is 3.32. The van der Waals surface area contributed by atoms with Gasteiger partial charge in [-0.2, -0.15) is 11.8 Å². The Balaban J connectivity index is 2.27. The summed E-state index contributed by atoms with van der Waals surface area (Å²) < 4.78 is 34.5. The number of hydrogen-bond acceptors (Lipinski definition) is 5. The van der Waals surface area contributed by atoms with Gasteiger partial charge in [0.15, 0.2) is 11.4 Å². The van der Waals surface area contributed by atoms with Crippen LogP contribution in [-0.2, 0) is 9.59 Å². The normalized spacial score (nSPS) is 19.6. The Morgan fingerprint density at radius 2 is 2.04 bits per heavy atom. The fourth-order valence-electron chi connectivity index (χ4n) is 2.87. The summed E-state index contributed by atoms with van der Waals surface area (Å²) in [4.78, 5) is 35.5. The van der Waals surface area contributed by atoms with Gasteiger partial charge in [0.2, 0.25) is 11.8 Å². The number of benzene rings is 1. The van der Waals surface area contributed by atoms with Crippen molar-refractivity contribution in [2.45, 2.75) is 31.1 Å². The van der Waals surface area contributed by atoms with E-state index in [1.165, 1.54) is 11.8 Å². The maximum absolute atomic E-state index is 14.4. The maximum atomic E-state index is 14.4. The number of aromatic nitrogens is 1. The van der Waals surface area contributed by atoms with E-state index in [4.69, 9.17) is 4.42 Å². The van der Waals surface area contributed by atoms with Gasteiger partial charge in [0.05, 0.1) is 0 Å².